The molecule has 8 heteroatoms. The summed E-state index contributed by atoms with van der Waals surface area (Å²) in [7, 11) is 0. The minimum absolute atomic E-state index is 0.0276. The fraction of sp³-hybridized carbons (Fsp3) is 0.289. The van der Waals surface area contributed by atoms with Crippen LogP contribution >= 0.6 is 0 Å². The smallest absolute Gasteiger partial charge is 0.406 e. The molecular formula is C38H44F3N3O2. The van der Waals surface area contributed by atoms with Crippen LogP contribution in [0.3, 0.4) is 0 Å². The number of aliphatic imine (C=N–C) groups is 2. The summed E-state index contributed by atoms with van der Waals surface area (Å²) >= 11 is 0. The SMILES string of the molecule is C=C(N=CC)c1ccc2cc(N=C(C)N(C(=O)CC)c3ccccc3C(C)C)ccc2c1.CC.Cc1ccc(OC(F)(F)F)cc1. The first-order valence-corrected chi connectivity index (χ1v) is 15.3. The Hall–Kier alpha value is -4.72. The zero-order chi connectivity index (χ0) is 34.4. The molecule has 0 fully saturated rings. The number of aryl methyl sites for hydroxylation is 1. The maximum absolute atomic E-state index is 12.9. The summed E-state index contributed by atoms with van der Waals surface area (Å²) in [5.41, 5.74) is 5.47. The number of carbonyl (C=O) groups is 1. The van der Waals surface area contributed by atoms with Crippen LogP contribution in [0.4, 0.5) is 24.5 Å². The number of alkyl halides is 3. The summed E-state index contributed by atoms with van der Waals surface area (Å²) in [6.45, 7) is 19.7. The van der Waals surface area contributed by atoms with Gasteiger partial charge in [-0.3, -0.25) is 14.7 Å². The van der Waals surface area contributed by atoms with E-state index >= 15 is 0 Å². The molecule has 0 atom stereocenters. The number of hydrogen-bond acceptors (Lipinski definition) is 4. The molecule has 0 radical (unpaired) electrons. The van der Waals surface area contributed by atoms with Crippen molar-refractivity contribution < 1.29 is 22.7 Å². The summed E-state index contributed by atoms with van der Waals surface area (Å²) in [6, 6.07) is 25.9. The van der Waals surface area contributed by atoms with Crippen molar-refractivity contribution in [2.24, 2.45) is 9.98 Å². The Bertz CT molecular complexity index is 1660. The van der Waals surface area contributed by atoms with Crippen molar-refractivity contribution in [2.45, 2.75) is 74.1 Å². The van der Waals surface area contributed by atoms with Crippen LogP contribution in [0, 0.1) is 6.92 Å². The van der Waals surface area contributed by atoms with E-state index in [2.05, 4.69) is 48.4 Å². The molecule has 0 aliphatic heterocycles. The van der Waals surface area contributed by atoms with Crippen molar-refractivity contribution in [3.63, 3.8) is 0 Å². The molecule has 4 aromatic rings. The van der Waals surface area contributed by atoms with E-state index < -0.39 is 6.36 Å². The highest BCUT2D eigenvalue weighted by molar-refractivity contribution is 6.17. The molecule has 0 aromatic heterocycles. The van der Waals surface area contributed by atoms with Gasteiger partial charge in [0.25, 0.3) is 0 Å². The summed E-state index contributed by atoms with van der Waals surface area (Å²) in [5.74, 6) is 0.798. The summed E-state index contributed by atoms with van der Waals surface area (Å²) in [4.78, 5) is 23.8. The van der Waals surface area contributed by atoms with Crippen molar-refractivity contribution in [3.05, 3.63) is 108 Å². The predicted octanol–water partition coefficient (Wildman–Crippen LogP) is 11.4. The minimum atomic E-state index is -4.60. The number of anilines is 1. The Labute approximate surface area is 271 Å². The molecule has 0 saturated carbocycles. The molecule has 46 heavy (non-hydrogen) atoms. The number of hydrogen-bond donors (Lipinski definition) is 0. The van der Waals surface area contributed by atoms with Gasteiger partial charge >= 0.3 is 6.36 Å². The van der Waals surface area contributed by atoms with Crippen molar-refractivity contribution >= 4 is 45.8 Å². The third kappa shape index (κ3) is 11.0. The molecule has 5 nitrogen and oxygen atoms in total. The molecule has 244 valence electrons. The predicted molar refractivity (Wildman–Crippen MR) is 187 cm³/mol. The lowest BCUT2D eigenvalue weighted by Crippen LogP contribution is -2.35. The van der Waals surface area contributed by atoms with Gasteiger partial charge in [-0.25, -0.2) is 4.99 Å². The standard InChI is InChI=1S/C28H31N3O.C8H7F3O.C2H6/c1-7-28(32)31(27-12-10-9-11-26(27)19(3)4)21(6)30-25-16-15-23-17-22(20(5)29-8-2)13-14-24(23)18-25;1-6-2-4-7(5-3-6)12-8(9,10)11;1-2/h8-19H,5,7H2,1-4,6H3;2-5H,1H3;1-2H3. The number of para-hydroxylation sites is 1. The number of ether oxygens (including phenoxy) is 1. The normalized spacial score (nSPS) is 11.4. The van der Waals surface area contributed by atoms with Crippen molar-refractivity contribution in [3.8, 4) is 5.75 Å². The van der Waals surface area contributed by atoms with Gasteiger partial charge in [-0.15, -0.1) is 13.2 Å². The molecule has 0 N–H and O–H groups in total. The number of fused-ring (bicyclic) bond motifs is 1. The van der Waals surface area contributed by atoms with Gasteiger partial charge in [-0.05, 0) is 79.4 Å². The second-order valence-corrected chi connectivity index (χ2v) is 10.4. The number of benzene rings is 4. The summed E-state index contributed by atoms with van der Waals surface area (Å²) in [6.07, 6.45) is -2.45. The molecule has 0 bridgehead atoms. The molecule has 4 aromatic carbocycles. The lowest BCUT2D eigenvalue weighted by Gasteiger charge is -2.26. The number of carbonyl (C=O) groups excluding carboxylic acids is 1. The average molecular weight is 632 g/mol. The van der Waals surface area contributed by atoms with Crippen LogP contribution in [0.1, 0.15) is 77.5 Å². The highest BCUT2D eigenvalue weighted by atomic mass is 19.4. The molecule has 0 spiro atoms. The van der Waals surface area contributed by atoms with Crippen molar-refractivity contribution in [1.82, 2.24) is 0 Å². The third-order valence-electron chi connectivity index (χ3n) is 6.66. The maximum atomic E-state index is 12.9. The van der Waals surface area contributed by atoms with Crippen LogP contribution in [0.2, 0.25) is 0 Å². The Kier molecular flexibility index (Phi) is 14.4. The fourth-order valence-electron chi connectivity index (χ4n) is 4.52. The molecule has 0 heterocycles. The summed E-state index contributed by atoms with van der Waals surface area (Å²) in [5, 5.41) is 2.17. The average Bonchev–Trinajstić information content (AvgIpc) is 3.03. The van der Waals surface area contributed by atoms with Crippen LogP contribution in [0.15, 0.2) is 101 Å². The van der Waals surface area contributed by atoms with Gasteiger partial charge in [0.05, 0.1) is 17.1 Å². The van der Waals surface area contributed by atoms with E-state index in [0.29, 0.717) is 18.2 Å². The van der Waals surface area contributed by atoms with Crippen LogP contribution in [0.25, 0.3) is 16.5 Å². The van der Waals surface area contributed by atoms with E-state index in [1.54, 1.807) is 30.2 Å². The van der Waals surface area contributed by atoms with Crippen LogP contribution in [0.5, 0.6) is 5.75 Å². The van der Waals surface area contributed by atoms with E-state index in [1.807, 2.05) is 77.1 Å². The molecular weight excluding hydrogens is 587 g/mol. The molecule has 1 amide bonds. The van der Waals surface area contributed by atoms with Gasteiger partial charge in [0.1, 0.15) is 11.6 Å². The maximum Gasteiger partial charge on any atom is 0.573 e. The zero-order valence-electron chi connectivity index (χ0n) is 27.9. The number of rotatable bonds is 7. The Morgan fingerprint density at radius 3 is 2.15 bits per heavy atom. The molecule has 0 unspecified atom stereocenters. The first-order chi connectivity index (χ1) is 21.8. The van der Waals surface area contributed by atoms with Crippen LogP contribution in [-0.4, -0.2) is 24.3 Å². The number of halogens is 3. The first kappa shape index (κ1) is 37.5. The van der Waals surface area contributed by atoms with Crippen LogP contribution in [-0.2, 0) is 4.79 Å². The number of amides is 1. The largest absolute Gasteiger partial charge is 0.573 e. The zero-order valence-corrected chi connectivity index (χ0v) is 27.9. The van der Waals surface area contributed by atoms with E-state index in [9.17, 15) is 18.0 Å². The topological polar surface area (TPSA) is 54.3 Å². The van der Waals surface area contributed by atoms with Gasteiger partial charge < -0.3 is 4.74 Å². The fourth-order valence-corrected chi connectivity index (χ4v) is 4.52. The summed E-state index contributed by atoms with van der Waals surface area (Å²) < 4.78 is 38.5. The third-order valence-corrected chi connectivity index (χ3v) is 6.66. The molecule has 0 aliphatic rings. The second-order valence-electron chi connectivity index (χ2n) is 10.4. The highest BCUT2D eigenvalue weighted by Gasteiger charge is 2.30. The lowest BCUT2D eigenvalue weighted by molar-refractivity contribution is -0.274. The van der Waals surface area contributed by atoms with E-state index in [-0.39, 0.29) is 11.7 Å². The van der Waals surface area contributed by atoms with Gasteiger partial charge in [-0.2, -0.15) is 0 Å². The Balaban J connectivity index is 0.000000439. The van der Waals surface area contributed by atoms with Gasteiger partial charge in [-0.1, -0.05) is 95.3 Å². The Morgan fingerprint density at radius 1 is 0.957 bits per heavy atom. The number of amidine groups is 1. The highest BCUT2D eigenvalue weighted by Crippen LogP contribution is 2.30. The second kappa shape index (κ2) is 17.7. The van der Waals surface area contributed by atoms with Gasteiger partial charge in [0.2, 0.25) is 5.91 Å². The van der Waals surface area contributed by atoms with Gasteiger partial charge in [0, 0.05) is 18.2 Å². The van der Waals surface area contributed by atoms with E-state index in [4.69, 9.17) is 4.99 Å². The van der Waals surface area contributed by atoms with Crippen molar-refractivity contribution in [1.29, 1.82) is 0 Å². The van der Waals surface area contributed by atoms with E-state index in [1.165, 1.54) is 12.1 Å². The van der Waals surface area contributed by atoms with Crippen molar-refractivity contribution in [2.75, 3.05) is 4.90 Å². The van der Waals surface area contributed by atoms with Crippen LogP contribution < -0.4 is 9.64 Å². The minimum Gasteiger partial charge on any atom is -0.406 e. The molecule has 0 aliphatic carbocycles. The monoisotopic (exact) mass is 631 g/mol. The Morgan fingerprint density at radius 2 is 1.57 bits per heavy atom. The molecule has 0 saturated heterocycles. The number of nitrogens with zero attached hydrogens (tertiary/aromatic N) is 3. The quantitative estimate of drug-likeness (QED) is 0.150. The lowest BCUT2D eigenvalue weighted by atomic mass is 10.00. The molecule has 4 rings (SSSR count). The first-order valence-electron chi connectivity index (χ1n) is 15.3. The van der Waals surface area contributed by atoms with Gasteiger partial charge in [0.15, 0.2) is 0 Å². The van der Waals surface area contributed by atoms with E-state index in [0.717, 1.165) is 44.5 Å².